The van der Waals surface area contributed by atoms with Crippen LogP contribution < -0.4 is 0 Å². The van der Waals surface area contributed by atoms with E-state index >= 15 is 0 Å². The standard InChI is InChI=1S/C11H11NO4S/c13-11(14)7-5-6-9(7)17-10-4-2-1-3-8(10)12(15)16/h1-4,7,9H,5-6H2,(H,13,14). The highest BCUT2D eigenvalue weighted by molar-refractivity contribution is 8.00. The first-order chi connectivity index (χ1) is 8.09. The van der Waals surface area contributed by atoms with E-state index in [9.17, 15) is 14.9 Å². The van der Waals surface area contributed by atoms with Crippen LogP contribution in [-0.2, 0) is 4.79 Å². The molecule has 1 aliphatic carbocycles. The van der Waals surface area contributed by atoms with Crippen LogP contribution in [0.2, 0.25) is 0 Å². The maximum absolute atomic E-state index is 10.9. The van der Waals surface area contributed by atoms with Crippen molar-refractivity contribution in [2.75, 3.05) is 0 Å². The molecule has 0 heterocycles. The second-order valence-corrected chi connectivity index (χ2v) is 5.18. The van der Waals surface area contributed by atoms with Crippen LogP contribution in [0.5, 0.6) is 0 Å². The third kappa shape index (κ3) is 2.41. The van der Waals surface area contributed by atoms with Crippen LogP contribution in [0, 0.1) is 16.0 Å². The van der Waals surface area contributed by atoms with Gasteiger partial charge in [0.15, 0.2) is 0 Å². The Bertz CT molecular complexity index is 463. The summed E-state index contributed by atoms with van der Waals surface area (Å²) in [6, 6.07) is 6.44. The van der Waals surface area contributed by atoms with Gasteiger partial charge in [-0.2, -0.15) is 0 Å². The molecule has 1 N–H and O–H groups in total. The van der Waals surface area contributed by atoms with E-state index in [2.05, 4.69) is 0 Å². The van der Waals surface area contributed by atoms with Crippen LogP contribution in [0.4, 0.5) is 5.69 Å². The SMILES string of the molecule is O=C(O)C1CCC1Sc1ccccc1[N+](=O)[O-]. The molecule has 0 bridgehead atoms. The first-order valence-corrected chi connectivity index (χ1v) is 6.10. The minimum absolute atomic E-state index is 0.0476. The number of rotatable bonds is 4. The van der Waals surface area contributed by atoms with Crippen molar-refractivity contribution in [3.63, 3.8) is 0 Å². The third-order valence-corrected chi connectivity index (χ3v) is 4.33. The quantitative estimate of drug-likeness (QED) is 0.658. The van der Waals surface area contributed by atoms with Gasteiger partial charge in [-0.1, -0.05) is 12.1 Å². The number of carboxylic acid groups (broad SMARTS) is 1. The molecule has 0 radical (unpaired) electrons. The Morgan fingerprint density at radius 2 is 2.12 bits per heavy atom. The van der Waals surface area contributed by atoms with Crippen molar-refractivity contribution >= 4 is 23.4 Å². The molecule has 2 atom stereocenters. The Balaban J connectivity index is 2.14. The molecule has 0 saturated heterocycles. The molecule has 1 aromatic carbocycles. The molecule has 1 aliphatic rings. The van der Waals surface area contributed by atoms with Gasteiger partial charge in [0, 0.05) is 11.3 Å². The van der Waals surface area contributed by atoms with E-state index in [0.29, 0.717) is 11.3 Å². The number of para-hydroxylation sites is 1. The maximum atomic E-state index is 10.9. The zero-order chi connectivity index (χ0) is 12.4. The number of nitrogens with zero attached hydrogens (tertiary/aromatic N) is 1. The highest BCUT2D eigenvalue weighted by Crippen LogP contribution is 2.43. The summed E-state index contributed by atoms with van der Waals surface area (Å²) in [5.74, 6) is -1.19. The molecular formula is C11H11NO4S. The topological polar surface area (TPSA) is 80.4 Å². The van der Waals surface area contributed by atoms with Crippen molar-refractivity contribution in [1.82, 2.24) is 0 Å². The van der Waals surface area contributed by atoms with Crippen molar-refractivity contribution in [3.8, 4) is 0 Å². The van der Waals surface area contributed by atoms with Gasteiger partial charge in [-0.25, -0.2) is 0 Å². The van der Waals surface area contributed by atoms with Crippen LogP contribution in [0.15, 0.2) is 29.2 Å². The molecule has 1 fully saturated rings. The molecule has 2 rings (SSSR count). The summed E-state index contributed by atoms with van der Waals surface area (Å²) in [6.07, 6.45) is 1.46. The number of benzene rings is 1. The minimum Gasteiger partial charge on any atom is -0.481 e. The van der Waals surface area contributed by atoms with Gasteiger partial charge in [-0.3, -0.25) is 14.9 Å². The number of hydrogen-bond donors (Lipinski definition) is 1. The molecule has 2 unspecified atom stereocenters. The monoisotopic (exact) mass is 253 g/mol. The zero-order valence-electron chi connectivity index (χ0n) is 8.91. The van der Waals surface area contributed by atoms with Gasteiger partial charge in [0.2, 0.25) is 0 Å². The van der Waals surface area contributed by atoms with Gasteiger partial charge in [0.05, 0.1) is 15.7 Å². The Labute approximate surface area is 102 Å². The molecular weight excluding hydrogens is 242 g/mol. The number of thioether (sulfide) groups is 1. The van der Waals surface area contributed by atoms with Crippen molar-refractivity contribution in [1.29, 1.82) is 0 Å². The lowest BCUT2D eigenvalue weighted by Gasteiger charge is -2.32. The van der Waals surface area contributed by atoms with Crippen molar-refractivity contribution in [2.45, 2.75) is 23.0 Å². The van der Waals surface area contributed by atoms with Crippen LogP contribution in [-0.4, -0.2) is 21.2 Å². The lowest BCUT2D eigenvalue weighted by molar-refractivity contribution is -0.387. The smallest absolute Gasteiger partial charge is 0.307 e. The van der Waals surface area contributed by atoms with E-state index in [-0.39, 0.29) is 16.9 Å². The molecule has 90 valence electrons. The van der Waals surface area contributed by atoms with Crippen LogP contribution >= 0.6 is 11.8 Å². The molecule has 0 spiro atoms. The molecule has 5 nitrogen and oxygen atoms in total. The van der Waals surface area contributed by atoms with E-state index < -0.39 is 10.9 Å². The van der Waals surface area contributed by atoms with E-state index in [4.69, 9.17) is 5.11 Å². The Morgan fingerprint density at radius 1 is 1.41 bits per heavy atom. The predicted molar refractivity (Wildman–Crippen MR) is 63.1 cm³/mol. The second-order valence-electron chi connectivity index (χ2n) is 3.90. The van der Waals surface area contributed by atoms with Crippen molar-refractivity contribution in [3.05, 3.63) is 34.4 Å². The number of nitro groups is 1. The average molecular weight is 253 g/mol. The fourth-order valence-electron chi connectivity index (χ4n) is 1.76. The first kappa shape index (κ1) is 11.9. The molecule has 1 aromatic rings. The van der Waals surface area contributed by atoms with Crippen LogP contribution in [0.1, 0.15) is 12.8 Å². The maximum Gasteiger partial charge on any atom is 0.307 e. The lowest BCUT2D eigenvalue weighted by atomic mass is 9.85. The Hall–Kier alpha value is -1.56. The summed E-state index contributed by atoms with van der Waals surface area (Å²) in [5.41, 5.74) is 0.0496. The largest absolute Gasteiger partial charge is 0.481 e. The fourth-order valence-corrected chi connectivity index (χ4v) is 3.18. The zero-order valence-corrected chi connectivity index (χ0v) is 9.72. The molecule has 0 aromatic heterocycles. The Morgan fingerprint density at radius 3 is 2.65 bits per heavy atom. The van der Waals surface area contributed by atoms with E-state index in [1.165, 1.54) is 17.8 Å². The molecule has 0 aliphatic heterocycles. The van der Waals surface area contributed by atoms with Gasteiger partial charge < -0.3 is 5.11 Å². The van der Waals surface area contributed by atoms with Crippen LogP contribution in [0.25, 0.3) is 0 Å². The Kier molecular flexibility index (Phi) is 3.33. The third-order valence-electron chi connectivity index (χ3n) is 2.87. The number of nitro benzene ring substituents is 1. The molecule has 17 heavy (non-hydrogen) atoms. The summed E-state index contributed by atoms with van der Waals surface area (Å²) in [4.78, 5) is 21.8. The van der Waals surface area contributed by atoms with Gasteiger partial charge >= 0.3 is 5.97 Å². The highest BCUT2D eigenvalue weighted by atomic mass is 32.2. The highest BCUT2D eigenvalue weighted by Gasteiger charge is 2.38. The lowest BCUT2D eigenvalue weighted by Crippen LogP contribution is -2.35. The van der Waals surface area contributed by atoms with E-state index in [1.807, 2.05) is 0 Å². The minimum atomic E-state index is -0.813. The second kappa shape index (κ2) is 4.75. The predicted octanol–water partition coefficient (Wildman–Crippen LogP) is 2.55. The summed E-state index contributed by atoms with van der Waals surface area (Å²) >= 11 is 1.30. The first-order valence-electron chi connectivity index (χ1n) is 5.22. The number of carboxylic acids is 1. The number of carbonyl (C=O) groups is 1. The van der Waals surface area contributed by atoms with E-state index in [1.54, 1.807) is 18.2 Å². The molecule has 0 amide bonds. The summed E-state index contributed by atoms with van der Waals surface area (Å²) in [7, 11) is 0. The summed E-state index contributed by atoms with van der Waals surface area (Å²) in [6.45, 7) is 0. The van der Waals surface area contributed by atoms with Gasteiger partial charge in [0.25, 0.3) is 5.69 Å². The van der Waals surface area contributed by atoms with Crippen molar-refractivity contribution < 1.29 is 14.8 Å². The van der Waals surface area contributed by atoms with Gasteiger partial charge in [0.1, 0.15) is 0 Å². The van der Waals surface area contributed by atoms with Gasteiger partial charge in [-0.15, -0.1) is 11.8 Å². The van der Waals surface area contributed by atoms with Gasteiger partial charge in [-0.05, 0) is 18.9 Å². The number of aliphatic carboxylic acids is 1. The normalized spacial score (nSPS) is 22.8. The molecule has 1 saturated carbocycles. The summed E-state index contributed by atoms with van der Waals surface area (Å²) < 4.78 is 0. The van der Waals surface area contributed by atoms with E-state index in [0.717, 1.165) is 6.42 Å². The van der Waals surface area contributed by atoms with Crippen LogP contribution in [0.3, 0.4) is 0 Å². The molecule has 6 heteroatoms. The number of hydrogen-bond acceptors (Lipinski definition) is 4. The summed E-state index contributed by atoms with van der Waals surface area (Å²) in [5, 5.41) is 19.7. The van der Waals surface area contributed by atoms with Crippen molar-refractivity contribution in [2.24, 2.45) is 5.92 Å². The fraction of sp³-hybridized carbons (Fsp3) is 0.364. The average Bonchev–Trinajstić information content (AvgIpc) is 2.23.